The van der Waals surface area contributed by atoms with Gasteiger partial charge in [0.1, 0.15) is 0 Å². The second kappa shape index (κ2) is 5.64. The van der Waals surface area contributed by atoms with Crippen LogP contribution in [-0.4, -0.2) is 11.2 Å². The van der Waals surface area contributed by atoms with Gasteiger partial charge in [0, 0.05) is 0 Å². The van der Waals surface area contributed by atoms with E-state index < -0.39 is 0 Å². The van der Waals surface area contributed by atoms with E-state index in [1.54, 1.807) is 0 Å². The molecule has 78 valence electrons. The third kappa shape index (κ3) is 4.66. The van der Waals surface area contributed by atoms with Crippen LogP contribution >= 0.6 is 0 Å². The first kappa shape index (κ1) is 11.0. The van der Waals surface area contributed by atoms with Crippen LogP contribution in [0.15, 0.2) is 0 Å². The Labute approximate surface area is 82.5 Å². The van der Waals surface area contributed by atoms with Crippen LogP contribution in [0.5, 0.6) is 0 Å². The summed E-state index contributed by atoms with van der Waals surface area (Å²) < 4.78 is 0. The molecule has 1 aliphatic carbocycles. The van der Waals surface area contributed by atoms with Gasteiger partial charge in [-0.15, -0.1) is 0 Å². The van der Waals surface area contributed by atoms with Gasteiger partial charge in [-0.2, -0.15) is 0 Å². The zero-order valence-corrected chi connectivity index (χ0v) is 9.13. The van der Waals surface area contributed by atoms with Crippen LogP contribution in [0.1, 0.15) is 58.8 Å². The van der Waals surface area contributed by atoms with E-state index in [9.17, 15) is 5.11 Å². The summed E-state index contributed by atoms with van der Waals surface area (Å²) in [5.41, 5.74) is 0. The number of rotatable bonds is 4. The van der Waals surface area contributed by atoms with Gasteiger partial charge in [-0.05, 0) is 24.7 Å². The lowest BCUT2D eigenvalue weighted by molar-refractivity contribution is 0.0971. The Hall–Kier alpha value is -0.0400. The van der Waals surface area contributed by atoms with E-state index in [1.165, 1.54) is 32.1 Å². The predicted octanol–water partition coefficient (Wildman–Crippen LogP) is 3.36. The molecule has 1 aliphatic rings. The van der Waals surface area contributed by atoms with Crippen molar-refractivity contribution in [2.45, 2.75) is 64.9 Å². The zero-order chi connectivity index (χ0) is 9.68. The Balaban J connectivity index is 2.06. The molecule has 0 heterocycles. The highest BCUT2D eigenvalue weighted by molar-refractivity contribution is 4.72. The Bertz CT molecular complexity index is 131. The maximum Gasteiger partial charge on any atom is 0.0542 e. The SMILES string of the molecule is CC(C)CCCC1CCCC(O)C1. The molecule has 2 unspecified atom stereocenters. The van der Waals surface area contributed by atoms with E-state index in [0.29, 0.717) is 0 Å². The molecule has 0 aromatic carbocycles. The zero-order valence-electron chi connectivity index (χ0n) is 9.13. The van der Waals surface area contributed by atoms with Crippen LogP contribution in [-0.2, 0) is 0 Å². The molecule has 1 rings (SSSR count). The second-order valence-electron chi connectivity index (χ2n) is 5.01. The summed E-state index contributed by atoms with van der Waals surface area (Å²) in [6, 6.07) is 0. The fourth-order valence-corrected chi connectivity index (χ4v) is 2.34. The Morgan fingerprint density at radius 2 is 2.08 bits per heavy atom. The monoisotopic (exact) mass is 184 g/mol. The van der Waals surface area contributed by atoms with E-state index in [0.717, 1.165) is 24.7 Å². The Kier molecular flexibility index (Phi) is 4.79. The molecule has 1 fully saturated rings. The van der Waals surface area contributed by atoms with Crippen molar-refractivity contribution in [2.75, 3.05) is 0 Å². The smallest absolute Gasteiger partial charge is 0.0542 e. The minimum Gasteiger partial charge on any atom is -0.393 e. The average molecular weight is 184 g/mol. The van der Waals surface area contributed by atoms with Crippen molar-refractivity contribution in [3.63, 3.8) is 0 Å². The third-order valence-electron chi connectivity index (χ3n) is 3.15. The number of hydrogen-bond donors (Lipinski definition) is 1. The second-order valence-corrected chi connectivity index (χ2v) is 5.01. The van der Waals surface area contributed by atoms with Gasteiger partial charge in [0.05, 0.1) is 6.10 Å². The summed E-state index contributed by atoms with van der Waals surface area (Å²) in [4.78, 5) is 0. The van der Waals surface area contributed by atoms with Crippen LogP contribution in [0.2, 0.25) is 0 Å². The van der Waals surface area contributed by atoms with Gasteiger partial charge < -0.3 is 5.11 Å². The lowest BCUT2D eigenvalue weighted by atomic mass is 9.83. The molecule has 1 saturated carbocycles. The van der Waals surface area contributed by atoms with E-state index in [4.69, 9.17) is 0 Å². The Morgan fingerprint density at radius 1 is 1.31 bits per heavy atom. The highest BCUT2D eigenvalue weighted by Crippen LogP contribution is 2.28. The molecule has 1 heteroatoms. The largest absolute Gasteiger partial charge is 0.393 e. The van der Waals surface area contributed by atoms with Crippen LogP contribution in [0.3, 0.4) is 0 Å². The number of hydrogen-bond acceptors (Lipinski definition) is 1. The summed E-state index contributed by atoms with van der Waals surface area (Å²) in [6.45, 7) is 4.57. The maximum absolute atomic E-state index is 9.49. The fraction of sp³-hybridized carbons (Fsp3) is 1.00. The van der Waals surface area contributed by atoms with Crippen molar-refractivity contribution in [3.8, 4) is 0 Å². The lowest BCUT2D eigenvalue weighted by Crippen LogP contribution is -2.19. The molecule has 0 radical (unpaired) electrons. The van der Waals surface area contributed by atoms with E-state index in [-0.39, 0.29) is 6.10 Å². The molecule has 13 heavy (non-hydrogen) atoms. The van der Waals surface area contributed by atoms with Gasteiger partial charge in [0.15, 0.2) is 0 Å². The molecule has 0 amide bonds. The molecule has 0 bridgehead atoms. The highest BCUT2D eigenvalue weighted by Gasteiger charge is 2.19. The van der Waals surface area contributed by atoms with Crippen LogP contribution in [0.4, 0.5) is 0 Å². The maximum atomic E-state index is 9.49. The van der Waals surface area contributed by atoms with Gasteiger partial charge in [0.2, 0.25) is 0 Å². The topological polar surface area (TPSA) is 20.2 Å². The molecular weight excluding hydrogens is 160 g/mol. The molecule has 1 nitrogen and oxygen atoms in total. The molecule has 0 saturated heterocycles. The molecule has 0 aliphatic heterocycles. The fourth-order valence-electron chi connectivity index (χ4n) is 2.34. The summed E-state index contributed by atoms with van der Waals surface area (Å²) >= 11 is 0. The van der Waals surface area contributed by atoms with Crippen molar-refractivity contribution in [2.24, 2.45) is 11.8 Å². The van der Waals surface area contributed by atoms with Crippen LogP contribution in [0.25, 0.3) is 0 Å². The van der Waals surface area contributed by atoms with Crippen molar-refractivity contribution in [1.29, 1.82) is 0 Å². The minimum atomic E-state index is 0.0119. The van der Waals surface area contributed by atoms with Gasteiger partial charge in [0.25, 0.3) is 0 Å². The first-order chi connectivity index (χ1) is 6.18. The van der Waals surface area contributed by atoms with Gasteiger partial charge in [-0.3, -0.25) is 0 Å². The Morgan fingerprint density at radius 3 is 2.69 bits per heavy atom. The summed E-state index contributed by atoms with van der Waals surface area (Å²) in [7, 11) is 0. The first-order valence-electron chi connectivity index (χ1n) is 5.86. The molecule has 2 atom stereocenters. The summed E-state index contributed by atoms with van der Waals surface area (Å²) in [5, 5.41) is 9.49. The summed E-state index contributed by atoms with van der Waals surface area (Å²) in [5.74, 6) is 1.66. The third-order valence-corrected chi connectivity index (χ3v) is 3.15. The predicted molar refractivity (Wildman–Crippen MR) is 56.7 cm³/mol. The van der Waals surface area contributed by atoms with Crippen molar-refractivity contribution in [3.05, 3.63) is 0 Å². The van der Waals surface area contributed by atoms with E-state index in [2.05, 4.69) is 13.8 Å². The van der Waals surface area contributed by atoms with Crippen molar-refractivity contribution < 1.29 is 5.11 Å². The van der Waals surface area contributed by atoms with Crippen molar-refractivity contribution in [1.82, 2.24) is 0 Å². The number of aliphatic hydroxyl groups is 1. The summed E-state index contributed by atoms with van der Waals surface area (Å²) in [6.07, 6.45) is 8.77. The standard InChI is InChI=1S/C12H24O/c1-10(2)5-3-6-11-7-4-8-12(13)9-11/h10-13H,3-9H2,1-2H3. The average Bonchev–Trinajstić information content (AvgIpc) is 2.03. The molecule has 0 aromatic heterocycles. The highest BCUT2D eigenvalue weighted by atomic mass is 16.3. The van der Waals surface area contributed by atoms with E-state index >= 15 is 0 Å². The first-order valence-corrected chi connectivity index (χ1v) is 5.86. The van der Waals surface area contributed by atoms with Gasteiger partial charge in [-0.25, -0.2) is 0 Å². The lowest BCUT2D eigenvalue weighted by Gasteiger charge is -2.25. The van der Waals surface area contributed by atoms with Crippen LogP contribution < -0.4 is 0 Å². The van der Waals surface area contributed by atoms with Crippen LogP contribution in [0, 0.1) is 11.8 Å². The normalized spacial score (nSPS) is 29.5. The molecular formula is C12H24O. The van der Waals surface area contributed by atoms with Gasteiger partial charge >= 0.3 is 0 Å². The number of aliphatic hydroxyl groups excluding tert-OH is 1. The quantitative estimate of drug-likeness (QED) is 0.710. The molecule has 0 spiro atoms. The minimum absolute atomic E-state index is 0.0119. The van der Waals surface area contributed by atoms with E-state index in [1.807, 2.05) is 0 Å². The van der Waals surface area contributed by atoms with Crippen molar-refractivity contribution >= 4 is 0 Å². The van der Waals surface area contributed by atoms with Gasteiger partial charge in [-0.1, -0.05) is 46.0 Å². The molecule has 0 aromatic rings. The molecule has 1 N–H and O–H groups in total.